The number of benzene rings is 3. The van der Waals surface area contributed by atoms with Crippen molar-refractivity contribution >= 4 is 40.2 Å². The van der Waals surface area contributed by atoms with Gasteiger partial charge in [-0.3, -0.25) is 19.5 Å². The number of hydrogen-bond acceptors (Lipinski definition) is 8. The van der Waals surface area contributed by atoms with E-state index in [0.29, 0.717) is 74.3 Å². The van der Waals surface area contributed by atoms with Crippen LogP contribution in [0.1, 0.15) is 53.1 Å². The lowest BCUT2D eigenvalue weighted by Crippen LogP contribution is -2.53. The molecular weight excluding hydrogens is 617 g/mol. The smallest absolute Gasteiger partial charge is 0.409 e. The third kappa shape index (κ3) is 7.66. The minimum absolute atomic E-state index is 0.0722. The van der Waals surface area contributed by atoms with E-state index >= 15 is 0 Å². The van der Waals surface area contributed by atoms with Crippen molar-refractivity contribution in [1.29, 1.82) is 0 Å². The molecule has 12 heteroatoms. The molecule has 0 radical (unpaired) electrons. The van der Waals surface area contributed by atoms with Crippen molar-refractivity contribution in [2.75, 3.05) is 50.1 Å². The number of carbonyl (C=O) groups is 3. The van der Waals surface area contributed by atoms with Gasteiger partial charge in [0, 0.05) is 54.4 Å². The highest BCUT2D eigenvalue weighted by molar-refractivity contribution is 6.07. The summed E-state index contributed by atoms with van der Waals surface area (Å²) in [6, 6.07) is 17.9. The number of rotatable bonds is 9. The number of unbranched alkanes of at least 4 members (excludes halogenated alkanes) is 1. The summed E-state index contributed by atoms with van der Waals surface area (Å²) in [5.74, 6) is -0.519. The molecule has 1 unspecified atom stereocenters. The number of piperazine rings is 1. The zero-order valence-corrected chi connectivity index (χ0v) is 27.0. The van der Waals surface area contributed by atoms with Crippen LogP contribution in [0.5, 0.6) is 11.5 Å². The number of aromatic nitrogens is 1. The SMILES string of the molecule is CCCCOC(=O)N1CCN(Cc2ccc3cc(C(=O)Nc4cc(NC(=O)c5ccc6c(c5)OCCO6)ccc4F)ccc3n2)C(C)C1. The maximum Gasteiger partial charge on any atom is 0.409 e. The second-order valence-corrected chi connectivity index (χ2v) is 11.9. The average Bonchev–Trinajstić information content (AvgIpc) is 3.10. The first kappa shape index (κ1) is 32.7. The van der Waals surface area contributed by atoms with Gasteiger partial charge < -0.3 is 29.7 Å². The molecule has 2 aliphatic rings. The monoisotopic (exact) mass is 655 g/mol. The van der Waals surface area contributed by atoms with Crippen molar-refractivity contribution in [1.82, 2.24) is 14.8 Å². The molecule has 2 aliphatic heterocycles. The van der Waals surface area contributed by atoms with Crippen LogP contribution in [0.3, 0.4) is 0 Å². The molecule has 48 heavy (non-hydrogen) atoms. The average molecular weight is 656 g/mol. The Hall–Kier alpha value is -5.23. The predicted molar refractivity (Wildman–Crippen MR) is 179 cm³/mol. The molecule has 0 aliphatic carbocycles. The maximum atomic E-state index is 14.7. The second-order valence-electron chi connectivity index (χ2n) is 11.9. The summed E-state index contributed by atoms with van der Waals surface area (Å²) >= 11 is 0. The van der Waals surface area contributed by atoms with E-state index < -0.39 is 17.6 Å². The highest BCUT2D eigenvalue weighted by Gasteiger charge is 2.28. The summed E-state index contributed by atoms with van der Waals surface area (Å²) in [6.45, 7) is 7.95. The molecule has 11 nitrogen and oxygen atoms in total. The van der Waals surface area contributed by atoms with Crippen LogP contribution in [0.4, 0.5) is 20.6 Å². The molecule has 1 aromatic heterocycles. The first-order valence-electron chi connectivity index (χ1n) is 16.1. The minimum atomic E-state index is -0.642. The van der Waals surface area contributed by atoms with Crippen LogP contribution in [0.2, 0.25) is 0 Å². The Kier molecular flexibility index (Phi) is 10.0. The van der Waals surface area contributed by atoms with Gasteiger partial charge in [-0.1, -0.05) is 19.4 Å². The van der Waals surface area contributed by atoms with Crippen molar-refractivity contribution in [3.63, 3.8) is 0 Å². The molecule has 4 aromatic rings. The van der Waals surface area contributed by atoms with Gasteiger partial charge in [0.2, 0.25) is 0 Å². The summed E-state index contributed by atoms with van der Waals surface area (Å²) in [5, 5.41) is 6.11. The highest BCUT2D eigenvalue weighted by Crippen LogP contribution is 2.31. The van der Waals surface area contributed by atoms with Crippen LogP contribution in [0, 0.1) is 5.82 Å². The quantitative estimate of drug-likeness (QED) is 0.208. The fourth-order valence-corrected chi connectivity index (χ4v) is 5.68. The van der Waals surface area contributed by atoms with Gasteiger partial charge in [0.05, 0.1) is 23.5 Å². The number of fused-ring (bicyclic) bond motifs is 2. The Balaban J connectivity index is 1.07. The topological polar surface area (TPSA) is 122 Å². The Morgan fingerprint density at radius 1 is 0.917 bits per heavy atom. The lowest BCUT2D eigenvalue weighted by Gasteiger charge is -2.39. The first-order chi connectivity index (χ1) is 23.3. The third-order valence-corrected chi connectivity index (χ3v) is 8.40. The molecule has 3 aromatic carbocycles. The van der Waals surface area contributed by atoms with Gasteiger partial charge in [-0.05, 0) is 74.0 Å². The van der Waals surface area contributed by atoms with E-state index in [2.05, 4.69) is 29.4 Å². The molecule has 3 heterocycles. The predicted octanol–water partition coefficient (Wildman–Crippen LogP) is 6.09. The van der Waals surface area contributed by atoms with E-state index in [1.54, 1.807) is 41.3 Å². The summed E-state index contributed by atoms with van der Waals surface area (Å²) in [5.41, 5.74) is 2.52. The molecule has 1 fully saturated rings. The van der Waals surface area contributed by atoms with E-state index in [-0.39, 0.29) is 17.8 Å². The van der Waals surface area contributed by atoms with Gasteiger partial charge >= 0.3 is 6.09 Å². The number of carbonyl (C=O) groups excluding carboxylic acids is 3. The molecule has 250 valence electrons. The summed E-state index contributed by atoms with van der Waals surface area (Å²) in [7, 11) is 0. The fourth-order valence-electron chi connectivity index (χ4n) is 5.68. The van der Waals surface area contributed by atoms with Gasteiger partial charge in [0.1, 0.15) is 19.0 Å². The standard InChI is InChI=1S/C36H38FN5O6/c1-3-4-15-48-36(45)42-14-13-41(23(2)21-42)22-28-8-5-24-18-25(6-11-30(24)38-28)35(44)40-31-20-27(9-10-29(31)37)39-34(43)26-7-12-32-33(19-26)47-17-16-46-32/h5-12,18-20,23H,3-4,13-17,21-22H2,1-2H3,(H,39,43)(H,40,44). The Labute approximate surface area is 278 Å². The molecule has 6 rings (SSSR count). The summed E-state index contributed by atoms with van der Waals surface area (Å²) in [4.78, 5) is 47.3. The number of nitrogens with zero attached hydrogens (tertiary/aromatic N) is 3. The minimum Gasteiger partial charge on any atom is -0.486 e. The number of ether oxygens (including phenoxy) is 3. The lowest BCUT2D eigenvalue weighted by molar-refractivity contribution is 0.0512. The lowest BCUT2D eigenvalue weighted by atomic mass is 10.1. The molecular formula is C36H38FN5O6. The van der Waals surface area contributed by atoms with Crippen LogP contribution < -0.4 is 20.1 Å². The number of pyridine rings is 1. The molecule has 3 amide bonds. The van der Waals surface area contributed by atoms with Crippen LogP contribution in [-0.4, -0.2) is 78.2 Å². The molecule has 2 N–H and O–H groups in total. The first-order valence-corrected chi connectivity index (χ1v) is 16.1. The van der Waals surface area contributed by atoms with Gasteiger partial charge in [0.15, 0.2) is 11.5 Å². The highest BCUT2D eigenvalue weighted by atomic mass is 19.1. The third-order valence-electron chi connectivity index (χ3n) is 8.40. The maximum absolute atomic E-state index is 14.7. The Morgan fingerprint density at radius 2 is 1.69 bits per heavy atom. The van der Waals surface area contributed by atoms with Gasteiger partial charge in [-0.15, -0.1) is 0 Å². The number of nitrogens with one attached hydrogen (secondary N) is 2. The van der Waals surface area contributed by atoms with Crippen LogP contribution in [-0.2, 0) is 11.3 Å². The number of anilines is 2. The van der Waals surface area contributed by atoms with Crippen molar-refractivity contribution in [2.24, 2.45) is 0 Å². The fraction of sp³-hybridized carbons (Fsp3) is 0.333. The Bertz CT molecular complexity index is 1830. The van der Waals surface area contributed by atoms with Crippen LogP contribution in [0.15, 0.2) is 66.7 Å². The Morgan fingerprint density at radius 3 is 2.50 bits per heavy atom. The number of amides is 3. The largest absolute Gasteiger partial charge is 0.486 e. The number of halogens is 1. The van der Waals surface area contributed by atoms with Crippen LogP contribution >= 0.6 is 0 Å². The van der Waals surface area contributed by atoms with E-state index in [1.165, 1.54) is 18.2 Å². The zero-order valence-electron chi connectivity index (χ0n) is 27.0. The van der Waals surface area contributed by atoms with Crippen molar-refractivity contribution in [2.45, 2.75) is 39.3 Å². The van der Waals surface area contributed by atoms with Gasteiger partial charge in [0.25, 0.3) is 11.8 Å². The van der Waals surface area contributed by atoms with Crippen molar-refractivity contribution in [3.05, 3.63) is 89.4 Å². The molecule has 1 atom stereocenters. The van der Waals surface area contributed by atoms with E-state index in [0.717, 1.165) is 29.4 Å². The normalized spacial score (nSPS) is 16.0. The van der Waals surface area contributed by atoms with Crippen molar-refractivity contribution in [3.8, 4) is 11.5 Å². The molecule has 0 bridgehead atoms. The van der Waals surface area contributed by atoms with E-state index in [9.17, 15) is 18.8 Å². The number of hydrogen-bond donors (Lipinski definition) is 2. The molecule has 0 saturated carbocycles. The van der Waals surface area contributed by atoms with E-state index in [1.807, 2.05) is 12.1 Å². The van der Waals surface area contributed by atoms with Crippen molar-refractivity contribution < 1.29 is 33.0 Å². The second kappa shape index (κ2) is 14.7. The summed E-state index contributed by atoms with van der Waals surface area (Å²) < 4.78 is 31.2. The van der Waals surface area contributed by atoms with Crippen LogP contribution in [0.25, 0.3) is 10.9 Å². The van der Waals surface area contributed by atoms with Gasteiger partial charge in [-0.2, -0.15) is 0 Å². The van der Waals surface area contributed by atoms with E-state index in [4.69, 9.17) is 19.2 Å². The summed E-state index contributed by atoms with van der Waals surface area (Å²) in [6.07, 6.45) is 1.58. The zero-order chi connectivity index (χ0) is 33.6. The molecule has 0 spiro atoms. The molecule has 1 saturated heterocycles. The van der Waals surface area contributed by atoms with Gasteiger partial charge in [-0.25, -0.2) is 9.18 Å².